The minimum absolute atomic E-state index is 0.185. The zero-order valence-electron chi connectivity index (χ0n) is 17.7. The van der Waals surface area contributed by atoms with Gasteiger partial charge < -0.3 is 14.2 Å². The Kier molecular flexibility index (Phi) is 9.20. The Morgan fingerprint density at radius 3 is 2.31 bits per heavy atom. The molecule has 1 amide bonds. The Hall–Kier alpha value is -2.76. The van der Waals surface area contributed by atoms with Crippen molar-refractivity contribution in [3.8, 4) is 17.2 Å². The summed E-state index contributed by atoms with van der Waals surface area (Å²) in [4.78, 5) is 12.1. The van der Waals surface area contributed by atoms with E-state index in [2.05, 4.69) is 32.9 Å². The van der Waals surface area contributed by atoms with Crippen LogP contribution in [0.2, 0.25) is 0 Å². The minimum atomic E-state index is -0.243. The fraction of sp³-hybridized carbons (Fsp3) is 0.238. The highest BCUT2D eigenvalue weighted by Gasteiger charge is 2.12. The average Bonchev–Trinajstić information content (AvgIpc) is 3.29. The molecule has 0 unspecified atom stereocenters. The number of hydrazone groups is 1. The molecule has 32 heavy (non-hydrogen) atoms. The lowest BCUT2D eigenvalue weighted by Gasteiger charge is -2.12. The molecule has 1 N–H and O–H groups in total. The highest BCUT2D eigenvalue weighted by Crippen LogP contribution is 2.37. The van der Waals surface area contributed by atoms with Gasteiger partial charge in [-0.1, -0.05) is 65.2 Å². The molecular weight excluding hydrogens is 468 g/mol. The van der Waals surface area contributed by atoms with E-state index in [1.807, 2.05) is 18.2 Å². The molecule has 0 aliphatic carbocycles. The van der Waals surface area contributed by atoms with Crippen LogP contribution in [-0.2, 0) is 10.5 Å². The number of rotatable bonds is 11. The lowest BCUT2D eigenvalue weighted by Crippen LogP contribution is -2.19. The maximum Gasteiger partial charge on any atom is 0.250 e. The number of thioether (sulfide) groups is 2. The Bertz CT molecular complexity index is 1040. The third-order valence-electron chi connectivity index (χ3n) is 4.01. The van der Waals surface area contributed by atoms with E-state index in [4.69, 9.17) is 14.2 Å². The summed E-state index contributed by atoms with van der Waals surface area (Å²) in [5.74, 6) is 2.28. The molecule has 0 radical (unpaired) electrons. The van der Waals surface area contributed by atoms with Crippen LogP contribution >= 0.6 is 34.9 Å². The number of nitrogens with zero attached hydrogens (tertiary/aromatic N) is 3. The number of hydrogen-bond acceptors (Lipinski definition) is 10. The molecular formula is C21H22N4O4S3. The third-order valence-corrected chi connectivity index (χ3v) is 7.27. The van der Waals surface area contributed by atoms with Gasteiger partial charge in [0, 0.05) is 11.3 Å². The molecule has 0 saturated heterocycles. The van der Waals surface area contributed by atoms with E-state index in [0.29, 0.717) is 22.8 Å². The highest BCUT2D eigenvalue weighted by molar-refractivity contribution is 8.03. The molecule has 8 nitrogen and oxygen atoms in total. The molecule has 0 fully saturated rings. The summed E-state index contributed by atoms with van der Waals surface area (Å²) in [6, 6.07) is 13.6. The van der Waals surface area contributed by atoms with Crippen LogP contribution < -0.4 is 19.6 Å². The lowest BCUT2D eigenvalue weighted by atomic mass is 10.2. The Morgan fingerprint density at radius 1 is 1.03 bits per heavy atom. The first kappa shape index (κ1) is 23.9. The first-order chi connectivity index (χ1) is 15.6. The Labute approximate surface area is 198 Å². The molecule has 0 bridgehead atoms. The number of nitrogens with one attached hydrogen (secondary N) is 1. The van der Waals surface area contributed by atoms with Crippen LogP contribution in [0.3, 0.4) is 0 Å². The van der Waals surface area contributed by atoms with Crippen molar-refractivity contribution in [3.63, 3.8) is 0 Å². The molecule has 11 heteroatoms. The van der Waals surface area contributed by atoms with Gasteiger partial charge in [0.15, 0.2) is 20.2 Å². The number of amides is 1. The molecule has 0 atom stereocenters. The molecule has 168 valence electrons. The van der Waals surface area contributed by atoms with Gasteiger partial charge in [-0.05, 0) is 17.7 Å². The summed E-state index contributed by atoms with van der Waals surface area (Å²) >= 11 is 4.42. The summed E-state index contributed by atoms with van der Waals surface area (Å²) in [5.41, 5.74) is 4.43. The predicted octanol–water partition coefficient (Wildman–Crippen LogP) is 4.10. The predicted molar refractivity (Wildman–Crippen MR) is 128 cm³/mol. The first-order valence-electron chi connectivity index (χ1n) is 9.38. The third kappa shape index (κ3) is 6.87. The largest absolute Gasteiger partial charge is 0.493 e. The molecule has 0 spiro atoms. The fourth-order valence-corrected chi connectivity index (χ4v) is 5.32. The van der Waals surface area contributed by atoms with E-state index in [-0.39, 0.29) is 11.7 Å². The number of aromatic nitrogens is 2. The molecule has 0 saturated carbocycles. The van der Waals surface area contributed by atoms with Crippen molar-refractivity contribution in [2.75, 3.05) is 27.1 Å². The topological polar surface area (TPSA) is 94.9 Å². The summed E-state index contributed by atoms with van der Waals surface area (Å²) in [6.45, 7) is 0. The van der Waals surface area contributed by atoms with Crippen molar-refractivity contribution in [1.82, 2.24) is 15.6 Å². The number of carbonyl (C=O) groups excluding carboxylic acids is 1. The van der Waals surface area contributed by atoms with E-state index >= 15 is 0 Å². The number of methoxy groups -OCH3 is 3. The second kappa shape index (κ2) is 12.3. The van der Waals surface area contributed by atoms with Gasteiger partial charge in [-0.2, -0.15) is 5.10 Å². The van der Waals surface area contributed by atoms with Gasteiger partial charge in [-0.15, -0.1) is 10.2 Å². The Balaban J connectivity index is 1.47. The molecule has 1 aromatic heterocycles. The van der Waals surface area contributed by atoms with Gasteiger partial charge in [-0.25, -0.2) is 5.43 Å². The number of hydrogen-bond donors (Lipinski definition) is 1. The van der Waals surface area contributed by atoms with Crippen molar-refractivity contribution >= 4 is 47.0 Å². The van der Waals surface area contributed by atoms with Gasteiger partial charge in [0.05, 0.1) is 33.3 Å². The van der Waals surface area contributed by atoms with E-state index in [9.17, 15) is 4.79 Å². The lowest BCUT2D eigenvalue weighted by molar-refractivity contribution is -0.118. The van der Waals surface area contributed by atoms with Gasteiger partial charge in [-0.3, -0.25) is 4.79 Å². The van der Waals surface area contributed by atoms with Crippen LogP contribution in [0, 0.1) is 0 Å². The summed E-state index contributed by atoms with van der Waals surface area (Å²) in [5, 5.41) is 12.3. The maximum atomic E-state index is 12.1. The summed E-state index contributed by atoms with van der Waals surface area (Å²) in [7, 11) is 4.61. The standard InChI is InChI=1S/C21H22N4O4S3/c1-27-16-9-15(10-17(28-2)19(16)29-3)11-22-23-18(26)13-31-21-25-24-20(32-21)30-12-14-7-5-4-6-8-14/h4-11H,12-13H2,1-3H3,(H,23,26)/b22-11+. The SMILES string of the molecule is COc1cc(/C=N/NC(=O)CSc2nnc(SCc3ccccc3)s2)cc(OC)c1OC. The summed E-state index contributed by atoms with van der Waals surface area (Å²) < 4.78 is 17.5. The molecule has 1 heterocycles. The average molecular weight is 491 g/mol. The second-order valence-corrected chi connectivity index (χ2v) is 9.57. The van der Waals surface area contributed by atoms with Gasteiger partial charge >= 0.3 is 0 Å². The van der Waals surface area contributed by atoms with Crippen LogP contribution in [0.5, 0.6) is 17.2 Å². The van der Waals surface area contributed by atoms with Gasteiger partial charge in [0.2, 0.25) is 5.75 Å². The van der Waals surface area contributed by atoms with Crippen LogP contribution in [0.1, 0.15) is 11.1 Å². The van der Waals surface area contributed by atoms with E-state index in [1.165, 1.54) is 56.2 Å². The van der Waals surface area contributed by atoms with Crippen molar-refractivity contribution in [1.29, 1.82) is 0 Å². The van der Waals surface area contributed by atoms with Crippen LogP contribution in [0.4, 0.5) is 0 Å². The maximum absolute atomic E-state index is 12.1. The molecule has 0 aliphatic heterocycles. The monoisotopic (exact) mass is 490 g/mol. The number of carbonyl (C=O) groups is 1. The van der Waals surface area contributed by atoms with E-state index in [1.54, 1.807) is 23.9 Å². The quantitative estimate of drug-likeness (QED) is 0.244. The van der Waals surface area contributed by atoms with Crippen LogP contribution in [0.15, 0.2) is 56.2 Å². The fourth-order valence-electron chi connectivity index (χ4n) is 2.55. The van der Waals surface area contributed by atoms with Crippen molar-refractivity contribution in [3.05, 3.63) is 53.6 Å². The second-order valence-electron chi connectivity index (χ2n) is 6.15. The van der Waals surface area contributed by atoms with Crippen molar-refractivity contribution < 1.29 is 19.0 Å². The van der Waals surface area contributed by atoms with Crippen LogP contribution in [-0.4, -0.2) is 49.4 Å². The summed E-state index contributed by atoms with van der Waals surface area (Å²) in [6.07, 6.45) is 1.51. The molecule has 3 rings (SSSR count). The van der Waals surface area contributed by atoms with Crippen molar-refractivity contribution in [2.24, 2.45) is 5.10 Å². The van der Waals surface area contributed by atoms with Gasteiger partial charge in [0.1, 0.15) is 0 Å². The highest BCUT2D eigenvalue weighted by atomic mass is 32.2. The number of ether oxygens (including phenoxy) is 3. The molecule has 0 aliphatic rings. The van der Waals surface area contributed by atoms with Crippen molar-refractivity contribution in [2.45, 2.75) is 14.4 Å². The zero-order valence-corrected chi connectivity index (χ0v) is 20.2. The van der Waals surface area contributed by atoms with E-state index in [0.717, 1.165) is 14.4 Å². The molecule has 3 aromatic rings. The number of benzene rings is 2. The molecule has 2 aromatic carbocycles. The van der Waals surface area contributed by atoms with E-state index < -0.39 is 0 Å². The normalized spacial score (nSPS) is 10.8. The minimum Gasteiger partial charge on any atom is -0.493 e. The van der Waals surface area contributed by atoms with Crippen LogP contribution in [0.25, 0.3) is 0 Å². The first-order valence-corrected chi connectivity index (χ1v) is 12.2. The Morgan fingerprint density at radius 2 is 1.69 bits per heavy atom. The smallest absolute Gasteiger partial charge is 0.250 e. The van der Waals surface area contributed by atoms with Gasteiger partial charge in [0.25, 0.3) is 5.91 Å². The zero-order chi connectivity index (χ0) is 22.8.